The number of alkyl halides is 4. The molecule has 0 bridgehead atoms. The number of aromatic nitrogens is 1. The molecule has 0 atom stereocenters. The Morgan fingerprint density at radius 3 is 2.67 bits per heavy atom. The monoisotopic (exact) mass is 327 g/mol. The minimum atomic E-state index is -4.31. The van der Waals surface area contributed by atoms with Crippen molar-refractivity contribution in [1.29, 1.82) is 0 Å². The van der Waals surface area contributed by atoms with Gasteiger partial charge in [0.05, 0.1) is 11.6 Å². The van der Waals surface area contributed by atoms with E-state index in [0.717, 1.165) is 6.42 Å². The number of pyridine rings is 1. The molecule has 0 spiro atoms. The van der Waals surface area contributed by atoms with Gasteiger partial charge in [0.2, 0.25) is 0 Å². The largest absolute Gasteiger partial charge is 0.370 e. The Balaban J connectivity index is 2.77. The Morgan fingerprint density at radius 1 is 1.43 bits per heavy atom. The highest BCUT2D eigenvalue weighted by Gasteiger charge is 2.41. The van der Waals surface area contributed by atoms with E-state index in [2.05, 4.69) is 10.3 Å². The van der Waals surface area contributed by atoms with Gasteiger partial charge in [0.25, 0.3) is 5.91 Å². The topological polar surface area (TPSA) is 54.0 Å². The summed E-state index contributed by atoms with van der Waals surface area (Å²) in [6.07, 6.45) is -3.05. The molecule has 1 aromatic rings. The van der Waals surface area contributed by atoms with E-state index in [1.165, 1.54) is 12.1 Å². The smallest absolute Gasteiger partial charge is 0.324 e. The molecule has 0 unspecified atom stereocenters. The average molecular weight is 328 g/mol. The maximum absolute atomic E-state index is 12.7. The van der Waals surface area contributed by atoms with Crippen molar-refractivity contribution in [2.45, 2.75) is 25.7 Å². The predicted molar refractivity (Wildman–Crippen MR) is 71.3 cm³/mol. The van der Waals surface area contributed by atoms with Crippen LogP contribution in [0.5, 0.6) is 0 Å². The van der Waals surface area contributed by atoms with Crippen LogP contribution in [0.15, 0.2) is 12.1 Å². The van der Waals surface area contributed by atoms with Crippen LogP contribution in [-0.2, 0) is 0 Å². The fraction of sp³-hybridized carbons (Fsp3) is 0.500. The molecule has 0 fully saturated rings. The Labute approximate surface area is 123 Å². The molecular formula is C12H14ClF4N3O. The molecule has 0 radical (unpaired) electrons. The van der Waals surface area contributed by atoms with Gasteiger partial charge >= 0.3 is 12.3 Å². The number of halogens is 5. The van der Waals surface area contributed by atoms with E-state index < -0.39 is 24.8 Å². The summed E-state index contributed by atoms with van der Waals surface area (Å²) in [6.45, 7) is 1.02. The lowest BCUT2D eigenvalue weighted by Gasteiger charge is -2.16. The van der Waals surface area contributed by atoms with Crippen molar-refractivity contribution in [3.05, 3.63) is 22.8 Å². The van der Waals surface area contributed by atoms with Gasteiger partial charge in [-0.2, -0.15) is 8.78 Å². The van der Waals surface area contributed by atoms with Gasteiger partial charge in [-0.1, -0.05) is 18.5 Å². The zero-order valence-corrected chi connectivity index (χ0v) is 11.9. The Morgan fingerprint density at radius 2 is 2.10 bits per heavy atom. The molecule has 0 aliphatic heterocycles. The van der Waals surface area contributed by atoms with Crippen LogP contribution >= 0.6 is 11.6 Å². The van der Waals surface area contributed by atoms with Gasteiger partial charge in [-0.25, -0.2) is 13.8 Å². The lowest BCUT2D eigenvalue weighted by Crippen LogP contribution is -2.41. The molecule has 21 heavy (non-hydrogen) atoms. The highest BCUT2D eigenvalue weighted by atomic mass is 35.5. The molecule has 0 saturated heterocycles. The minimum absolute atomic E-state index is 0.0603. The van der Waals surface area contributed by atoms with E-state index in [0.29, 0.717) is 12.4 Å². The van der Waals surface area contributed by atoms with Gasteiger partial charge in [0.15, 0.2) is 0 Å². The van der Waals surface area contributed by atoms with Gasteiger partial charge in [-0.05, 0) is 18.6 Å². The van der Waals surface area contributed by atoms with Crippen molar-refractivity contribution in [2.24, 2.45) is 0 Å². The molecule has 0 aromatic carbocycles. The van der Waals surface area contributed by atoms with Gasteiger partial charge in [-0.15, -0.1) is 0 Å². The second-order valence-electron chi connectivity index (χ2n) is 4.20. The molecular weight excluding hydrogens is 314 g/mol. The SMILES string of the molecule is CCCNc1ccc(Cl)c(C(=O)NCC(F)(F)C(F)F)n1. The number of nitrogens with one attached hydrogen (secondary N) is 2. The lowest BCUT2D eigenvalue weighted by atomic mass is 10.3. The molecule has 1 aromatic heterocycles. The second-order valence-corrected chi connectivity index (χ2v) is 4.61. The highest BCUT2D eigenvalue weighted by Crippen LogP contribution is 2.22. The first-order valence-corrected chi connectivity index (χ1v) is 6.50. The van der Waals surface area contributed by atoms with Crippen LogP contribution in [0.2, 0.25) is 5.02 Å². The summed E-state index contributed by atoms with van der Waals surface area (Å²) in [5, 5.41) is 4.53. The molecule has 1 rings (SSSR count). The first kappa shape index (κ1) is 17.5. The van der Waals surface area contributed by atoms with E-state index in [1.807, 2.05) is 6.92 Å². The molecule has 1 amide bonds. The fourth-order valence-corrected chi connectivity index (χ4v) is 1.50. The van der Waals surface area contributed by atoms with Crippen molar-refractivity contribution >= 4 is 23.3 Å². The number of carbonyl (C=O) groups excluding carboxylic acids is 1. The first-order chi connectivity index (χ1) is 9.77. The Kier molecular flexibility index (Phi) is 6.19. The van der Waals surface area contributed by atoms with E-state index >= 15 is 0 Å². The molecule has 1 heterocycles. The molecule has 4 nitrogen and oxygen atoms in total. The summed E-state index contributed by atoms with van der Waals surface area (Å²) in [7, 11) is 0. The number of amides is 1. The Bertz CT molecular complexity index is 499. The van der Waals surface area contributed by atoms with Crippen molar-refractivity contribution in [3.63, 3.8) is 0 Å². The van der Waals surface area contributed by atoms with E-state index in [-0.39, 0.29) is 10.7 Å². The van der Waals surface area contributed by atoms with Crippen LogP contribution in [0.3, 0.4) is 0 Å². The zero-order valence-electron chi connectivity index (χ0n) is 11.1. The summed E-state index contributed by atoms with van der Waals surface area (Å²) >= 11 is 5.75. The molecule has 0 aliphatic rings. The summed E-state index contributed by atoms with van der Waals surface area (Å²) in [5.74, 6) is -5.01. The molecule has 0 aliphatic carbocycles. The maximum atomic E-state index is 12.7. The van der Waals surface area contributed by atoms with Gasteiger partial charge in [0.1, 0.15) is 11.5 Å². The van der Waals surface area contributed by atoms with E-state index in [1.54, 1.807) is 5.32 Å². The lowest BCUT2D eigenvalue weighted by molar-refractivity contribution is -0.123. The predicted octanol–water partition coefficient (Wildman–Crippen LogP) is 3.19. The van der Waals surface area contributed by atoms with Crippen LogP contribution < -0.4 is 10.6 Å². The number of nitrogens with zero attached hydrogens (tertiary/aromatic N) is 1. The standard InChI is InChI=1S/C12H14ClF4N3O/c1-2-5-18-8-4-3-7(13)9(20-8)10(21)19-6-12(16,17)11(14)15/h3-4,11H,2,5-6H2,1H3,(H,18,20)(H,19,21). The van der Waals surface area contributed by atoms with Crippen LogP contribution in [0.4, 0.5) is 23.4 Å². The van der Waals surface area contributed by atoms with Crippen molar-refractivity contribution in [1.82, 2.24) is 10.3 Å². The highest BCUT2D eigenvalue weighted by molar-refractivity contribution is 6.33. The number of rotatable bonds is 7. The van der Waals surface area contributed by atoms with E-state index in [9.17, 15) is 22.4 Å². The van der Waals surface area contributed by atoms with Crippen LogP contribution in [0.25, 0.3) is 0 Å². The van der Waals surface area contributed by atoms with Crippen molar-refractivity contribution in [3.8, 4) is 0 Å². The van der Waals surface area contributed by atoms with Crippen LogP contribution in [-0.4, -0.2) is 36.3 Å². The first-order valence-electron chi connectivity index (χ1n) is 6.12. The third-order valence-corrected chi connectivity index (χ3v) is 2.73. The van der Waals surface area contributed by atoms with Gasteiger partial charge < -0.3 is 10.6 Å². The fourth-order valence-electron chi connectivity index (χ4n) is 1.31. The Hall–Kier alpha value is -1.57. The number of hydrogen-bond acceptors (Lipinski definition) is 3. The third-order valence-electron chi connectivity index (χ3n) is 2.42. The summed E-state index contributed by atoms with van der Waals surface area (Å²) in [4.78, 5) is 15.6. The summed E-state index contributed by atoms with van der Waals surface area (Å²) in [5.41, 5.74) is -0.303. The van der Waals surface area contributed by atoms with E-state index in [4.69, 9.17) is 11.6 Å². The normalized spacial score (nSPS) is 11.6. The van der Waals surface area contributed by atoms with Crippen LogP contribution in [0, 0.1) is 0 Å². The number of hydrogen-bond donors (Lipinski definition) is 2. The second kappa shape index (κ2) is 7.44. The van der Waals surface area contributed by atoms with Gasteiger partial charge in [-0.3, -0.25) is 4.79 Å². The third kappa shape index (κ3) is 5.04. The number of anilines is 1. The quantitative estimate of drug-likeness (QED) is 0.756. The van der Waals surface area contributed by atoms with Crippen molar-refractivity contribution < 1.29 is 22.4 Å². The molecule has 0 saturated carbocycles. The number of carbonyl (C=O) groups is 1. The minimum Gasteiger partial charge on any atom is -0.370 e. The summed E-state index contributed by atoms with van der Waals surface area (Å²) in [6, 6.07) is 2.88. The maximum Gasteiger partial charge on any atom is 0.324 e. The van der Waals surface area contributed by atoms with Gasteiger partial charge in [0, 0.05) is 6.54 Å². The molecule has 9 heteroatoms. The molecule has 2 N–H and O–H groups in total. The average Bonchev–Trinajstić information content (AvgIpc) is 2.43. The van der Waals surface area contributed by atoms with Crippen molar-refractivity contribution in [2.75, 3.05) is 18.4 Å². The van der Waals surface area contributed by atoms with Crippen LogP contribution in [0.1, 0.15) is 23.8 Å². The molecule has 118 valence electrons. The zero-order chi connectivity index (χ0) is 16.0. The summed E-state index contributed by atoms with van der Waals surface area (Å²) < 4.78 is 49.5.